The van der Waals surface area contributed by atoms with Crippen molar-refractivity contribution in [3.63, 3.8) is 0 Å². The summed E-state index contributed by atoms with van der Waals surface area (Å²) < 4.78 is 22.8. The molecule has 3 amide bonds. The molecule has 0 saturated heterocycles. The number of benzene rings is 3. The predicted octanol–water partition coefficient (Wildman–Crippen LogP) is 4.54. The fraction of sp³-hybridized carbons (Fsp3) is 0.281. The summed E-state index contributed by atoms with van der Waals surface area (Å²) in [6.45, 7) is 3.70. The summed E-state index contributed by atoms with van der Waals surface area (Å²) in [6.07, 6.45) is 1.51. The average molecular weight is 621 g/mol. The molecular weight excluding hydrogens is 585 g/mol. The number of nitrogens with zero attached hydrogens (tertiary/aromatic N) is 1. The molecule has 44 heavy (non-hydrogen) atoms. The molecule has 0 aliphatic carbocycles. The molecule has 0 aliphatic rings. The zero-order valence-corrected chi connectivity index (χ0v) is 25.3. The lowest BCUT2D eigenvalue weighted by Crippen LogP contribution is -2.47. The van der Waals surface area contributed by atoms with Crippen molar-refractivity contribution in [3.8, 4) is 17.1 Å². The highest BCUT2D eigenvalue weighted by Gasteiger charge is 2.31. The van der Waals surface area contributed by atoms with Crippen molar-refractivity contribution in [2.75, 3.05) is 13.3 Å². The number of fused-ring (bicyclic) bond motifs is 1. The second-order valence-corrected chi connectivity index (χ2v) is 11.2. The summed E-state index contributed by atoms with van der Waals surface area (Å²) in [7, 11) is -2.62. The zero-order chi connectivity index (χ0) is 31.6. The first-order chi connectivity index (χ1) is 21.2. The van der Waals surface area contributed by atoms with Gasteiger partial charge in [0.05, 0.1) is 25.2 Å². The van der Waals surface area contributed by atoms with Crippen LogP contribution in [0.15, 0.2) is 77.2 Å². The van der Waals surface area contributed by atoms with Crippen LogP contribution in [0.1, 0.15) is 42.8 Å². The van der Waals surface area contributed by atoms with Crippen molar-refractivity contribution in [3.05, 3.63) is 84.1 Å². The van der Waals surface area contributed by atoms with E-state index in [2.05, 4.69) is 16.7 Å². The van der Waals surface area contributed by atoms with Crippen LogP contribution < -0.4 is 20.7 Å². The van der Waals surface area contributed by atoms with Gasteiger partial charge in [0.2, 0.25) is 17.6 Å². The molecule has 1 heterocycles. The van der Waals surface area contributed by atoms with Crippen molar-refractivity contribution in [2.45, 2.75) is 39.2 Å². The number of aryl methyl sites for hydroxylation is 1. The van der Waals surface area contributed by atoms with Gasteiger partial charge in [-0.25, -0.2) is 5.06 Å². The number of carbonyl (C=O) groups excluding carboxylic acids is 3. The number of hydrogen-bond acceptors (Lipinski definition) is 7. The Hall–Kier alpha value is -4.57. The first-order valence-electron chi connectivity index (χ1n) is 14.2. The van der Waals surface area contributed by atoms with Gasteiger partial charge in [0.15, 0.2) is 5.76 Å². The van der Waals surface area contributed by atoms with E-state index in [0.29, 0.717) is 42.2 Å². The maximum Gasteiger partial charge on any atom is 0.546 e. The minimum absolute atomic E-state index is 0.0345. The van der Waals surface area contributed by atoms with Crippen molar-refractivity contribution in [1.82, 2.24) is 15.7 Å². The molecule has 1 aromatic heterocycles. The van der Waals surface area contributed by atoms with Crippen LogP contribution >= 0.6 is 8.03 Å². The second kappa shape index (κ2) is 15.2. The van der Waals surface area contributed by atoms with E-state index in [9.17, 15) is 29.0 Å². The van der Waals surface area contributed by atoms with E-state index in [1.54, 1.807) is 26.0 Å². The lowest BCUT2D eigenvalue weighted by Gasteiger charge is -2.29. The van der Waals surface area contributed by atoms with E-state index in [4.69, 9.17) is 9.15 Å². The summed E-state index contributed by atoms with van der Waals surface area (Å²) in [5.41, 5.74) is 1.47. The third-order valence-electron chi connectivity index (χ3n) is 7.27. The van der Waals surface area contributed by atoms with Crippen LogP contribution in [-0.4, -0.2) is 52.7 Å². The Labute approximate surface area is 255 Å². The molecule has 11 nitrogen and oxygen atoms in total. The van der Waals surface area contributed by atoms with Gasteiger partial charge >= 0.3 is 8.03 Å². The molecular formula is C32H35N3O8P+. The maximum atomic E-state index is 13.3. The molecule has 3 atom stereocenters. The Morgan fingerprint density at radius 1 is 1.02 bits per heavy atom. The highest BCUT2D eigenvalue weighted by atomic mass is 31.1. The molecule has 0 saturated carbocycles. The Balaban J connectivity index is 1.40. The van der Waals surface area contributed by atoms with Gasteiger partial charge in [0, 0.05) is 17.7 Å². The Morgan fingerprint density at radius 2 is 1.80 bits per heavy atom. The number of rotatable bonds is 15. The normalized spacial score (nSPS) is 12.7. The molecule has 0 fully saturated rings. The first-order valence-corrected chi connectivity index (χ1v) is 15.5. The summed E-state index contributed by atoms with van der Waals surface area (Å²) in [6, 6.07) is 20.8. The molecule has 0 radical (unpaired) electrons. The Kier molecular flexibility index (Phi) is 11.2. The van der Waals surface area contributed by atoms with Crippen LogP contribution in [0.3, 0.4) is 0 Å². The topological polar surface area (TPSA) is 158 Å². The van der Waals surface area contributed by atoms with Crippen molar-refractivity contribution >= 4 is 42.3 Å². The first kappa shape index (κ1) is 32.3. The van der Waals surface area contributed by atoms with Gasteiger partial charge in [0.1, 0.15) is 11.5 Å². The number of furan rings is 1. The van der Waals surface area contributed by atoms with Crippen LogP contribution in [-0.2, 0) is 20.6 Å². The second-order valence-electron chi connectivity index (χ2n) is 10.1. The van der Waals surface area contributed by atoms with Crippen LogP contribution in [0, 0.1) is 5.92 Å². The van der Waals surface area contributed by atoms with Crippen LogP contribution in [0.2, 0.25) is 0 Å². The maximum absolute atomic E-state index is 13.3. The van der Waals surface area contributed by atoms with Gasteiger partial charge in [-0.05, 0) is 65.3 Å². The fourth-order valence-electron chi connectivity index (χ4n) is 5.08. The molecule has 4 aromatic rings. The third kappa shape index (κ3) is 8.08. The number of amides is 3. The molecule has 0 aliphatic heterocycles. The van der Waals surface area contributed by atoms with Gasteiger partial charge in [0.25, 0.3) is 5.91 Å². The monoisotopic (exact) mass is 620 g/mol. The molecule has 0 bridgehead atoms. The SMILES string of the molecule is CCOc1cc(-c2ccc(C(=O)NCNC(=O)[C@H](CCc3ccc4ccccc4c3)[C@@H](CC)N(O)C=O)o2)cc([P+](=O)O)c1. The van der Waals surface area contributed by atoms with E-state index in [1.165, 1.54) is 18.2 Å². The molecule has 4 rings (SSSR count). The summed E-state index contributed by atoms with van der Waals surface area (Å²) in [5.74, 6) is -1.14. The van der Waals surface area contributed by atoms with E-state index < -0.39 is 31.8 Å². The molecule has 1 unspecified atom stereocenters. The number of carbonyl (C=O) groups is 3. The average Bonchev–Trinajstić information content (AvgIpc) is 3.53. The third-order valence-corrected chi connectivity index (χ3v) is 7.97. The van der Waals surface area contributed by atoms with Crippen molar-refractivity contribution in [1.29, 1.82) is 0 Å². The van der Waals surface area contributed by atoms with Gasteiger partial charge in [-0.1, -0.05) is 49.4 Å². The molecule has 0 spiro atoms. The smallest absolute Gasteiger partial charge is 0.494 e. The summed E-state index contributed by atoms with van der Waals surface area (Å²) >= 11 is 0. The van der Waals surface area contributed by atoms with Gasteiger partial charge in [-0.2, -0.15) is 4.89 Å². The minimum atomic E-state index is -2.62. The number of ether oxygens (including phenoxy) is 1. The van der Waals surface area contributed by atoms with Crippen molar-refractivity contribution < 1.29 is 38.2 Å². The lowest BCUT2D eigenvalue weighted by molar-refractivity contribution is -0.168. The van der Waals surface area contributed by atoms with Crippen molar-refractivity contribution in [2.24, 2.45) is 5.92 Å². The van der Waals surface area contributed by atoms with Crippen LogP contribution in [0.5, 0.6) is 5.75 Å². The number of nitrogens with one attached hydrogen (secondary N) is 2. The summed E-state index contributed by atoms with van der Waals surface area (Å²) in [4.78, 5) is 47.0. The quantitative estimate of drug-likeness (QED) is 0.0496. The van der Waals surface area contributed by atoms with Gasteiger partial charge in [-0.15, -0.1) is 0 Å². The fourth-order valence-corrected chi connectivity index (χ4v) is 5.57. The number of hydrogen-bond donors (Lipinski definition) is 4. The van der Waals surface area contributed by atoms with Crippen LogP contribution in [0.25, 0.3) is 22.1 Å². The lowest BCUT2D eigenvalue weighted by atomic mass is 9.89. The Morgan fingerprint density at radius 3 is 2.50 bits per heavy atom. The molecule has 12 heteroatoms. The van der Waals surface area contributed by atoms with E-state index in [1.807, 2.05) is 36.4 Å². The highest BCUT2D eigenvalue weighted by Crippen LogP contribution is 2.29. The van der Waals surface area contributed by atoms with Gasteiger partial charge < -0.3 is 19.8 Å². The van der Waals surface area contributed by atoms with Gasteiger partial charge in [-0.3, -0.25) is 19.6 Å². The molecule has 3 aromatic carbocycles. The van der Waals surface area contributed by atoms with E-state index in [-0.39, 0.29) is 29.9 Å². The molecule has 4 N–H and O–H groups in total. The Bertz CT molecular complexity index is 1640. The molecule has 230 valence electrons. The minimum Gasteiger partial charge on any atom is -0.494 e. The predicted molar refractivity (Wildman–Crippen MR) is 165 cm³/mol. The highest BCUT2D eigenvalue weighted by molar-refractivity contribution is 7.47. The standard InChI is InChI=1S/C32H34N3O8P/c1-3-28(35(39)20-36)27(12-10-21-9-11-22-7-5-6-8-23(22)15-21)31(37)33-19-34-32(38)30-14-13-29(43-30)24-16-25(42-4-2)18-26(17-24)44(40)41/h5-9,11,13-18,20,27-28,39H,3-4,10,12,19H2,1-2H3,(H2-,33,34,37,38,40,41)/p+1/t27-,28-/m1/s1. The van der Waals surface area contributed by atoms with E-state index in [0.717, 1.165) is 16.3 Å². The number of hydroxylamine groups is 2. The van der Waals surface area contributed by atoms with Crippen LogP contribution in [0.4, 0.5) is 0 Å². The zero-order valence-electron chi connectivity index (χ0n) is 24.4. The largest absolute Gasteiger partial charge is 0.546 e. The summed E-state index contributed by atoms with van der Waals surface area (Å²) in [5, 5.41) is 18.3. The van der Waals surface area contributed by atoms with E-state index >= 15 is 0 Å².